The zero-order valence-electron chi connectivity index (χ0n) is 9.23. The van der Waals surface area contributed by atoms with Crippen LogP contribution in [0.15, 0.2) is 36.9 Å². The molecule has 16 heavy (non-hydrogen) atoms. The van der Waals surface area contributed by atoms with E-state index in [9.17, 15) is 8.78 Å². The summed E-state index contributed by atoms with van der Waals surface area (Å²) in [5.41, 5.74) is 1.21. The summed E-state index contributed by atoms with van der Waals surface area (Å²) in [6, 6.07) is 4.53. The number of hydrogen-bond donors (Lipinski definition) is 0. The highest BCUT2D eigenvalue weighted by Crippen LogP contribution is 2.36. The van der Waals surface area contributed by atoms with E-state index in [0.29, 0.717) is 5.56 Å². The van der Waals surface area contributed by atoms with Crippen LogP contribution in [0.3, 0.4) is 0 Å². The lowest BCUT2D eigenvalue weighted by atomic mass is 10.0. The first-order chi connectivity index (χ1) is 7.38. The molecule has 0 saturated carbocycles. The third-order valence-corrected chi connectivity index (χ3v) is 2.52. The molecule has 0 saturated heterocycles. The normalized spacial score (nSPS) is 12.1. The van der Waals surface area contributed by atoms with Crippen molar-refractivity contribution in [2.24, 2.45) is 0 Å². The smallest absolute Gasteiger partial charge is 0.196 e. The second-order valence-electron chi connectivity index (χ2n) is 3.60. The van der Waals surface area contributed by atoms with Crippen molar-refractivity contribution in [1.29, 1.82) is 0 Å². The zero-order valence-corrected chi connectivity index (χ0v) is 9.98. The first-order valence-corrected chi connectivity index (χ1v) is 5.24. The number of hydrogen-bond acceptors (Lipinski definition) is 0. The molecule has 0 bridgehead atoms. The van der Waals surface area contributed by atoms with Crippen LogP contribution in [0.5, 0.6) is 0 Å². The Labute approximate surface area is 99.2 Å². The van der Waals surface area contributed by atoms with E-state index >= 15 is 0 Å². The Morgan fingerprint density at radius 3 is 2.56 bits per heavy atom. The first-order valence-electron chi connectivity index (χ1n) is 4.86. The molecule has 0 aliphatic heterocycles. The van der Waals surface area contributed by atoms with Gasteiger partial charge in [-0.25, -0.2) is 0 Å². The average molecular weight is 243 g/mol. The van der Waals surface area contributed by atoms with Gasteiger partial charge >= 0.3 is 0 Å². The summed E-state index contributed by atoms with van der Waals surface area (Å²) < 4.78 is 27.3. The van der Waals surface area contributed by atoms with Gasteiger partial charge in [0.25, 0.3) is 5.92 Å². The predicted molar refractivity (Wildman–Crippen MR) is 64.9 cm³/mol. The Morgan fingerprint density at radius 2 is 2.06 bits per heavy atom. The number of rotatable bonds is 3. The molecule has 0 N–H and O–H groups in total. The van der Waals surface area contributed by atoms with Crippen LogP contribution in [0.1, 0.15) is 25.0 Å². The summed E-state index contributed by atoms with van der Waals surface area (Å²) in [7, 11) is 0. The lowest BCUT2D eigenvalue weighted by Gasteiger charge is -2.15. The molecule has 86 valence electrons. The molecule has 0 heterocycles. The maximum Gasteiger partial charge on any atom is 0.293 e. The Balaban J connectivity index is 3.32. The minimum atomic E-state index is -3.04. The van der Waals surface area contributed by atoms with Crippen LogP contribution in [0.4, 0.5) is 8.78 Å². The molecular formula is C13H13ClF2. The van der Waals surface area contributed by atoms with Gasteiger partial charge in [0.15, 0.2) is 0 Å². The van der Waals surface area contributed by atoms with Crippen molar-refractivity contribution in [3.05, 3.63) is 53.1 Å². The predicted octanol–water partition coefficient (Wildman–Crippen LogP) is 5.04. The average Bonchev–Trinajstić information content (AvgIpc) is 2.17. The van der Waals surface area contributed by atoms with E-state index in [-0.39, 0.29) is 10.6 Å². The molecule has 0 amide bonds. The molecule has 0 aromatic heterocycles. The van der Waals surface area contributed by atoms with Gasteiger partial charge in [0.2, 0.25) is 0 Å². The summed E-state index contributed by atoms with van der Waals surface area (Å²) >= 11 is 5.78. The molecule has 1 aromatic carbocycles. The van der Waals surface area contributed by atoms with Gasteiger partial charge in [-0.3, -0.25) is 0 Å². The Kier molecular flexibility index (Phi) is 3.87. The quantitative estimate of drug-likeness (QED) is 0.652. The molecule has 0 aliphatic rings. The van der Waals surface area contributed by atoms with E-state index in [4.69, 9.17) is 11.6 Å². The largest absolute Gasteiger partial charge is 0.293 e. The minimum absolute atomic E-state index is 0.0631. The summed E-state index contributed by atoms with van der Waals surface area (Å²) in [6.45, 7) is 7.03. The van der Waals surface area contributed by atoms with Crippen LogP contribution in [0, 0.1) is 0 Å². The maximum atomic E-state index is 13.7. The lowest BCUT2D eigenvalue weighted by molar-refractivity contribution is 0.0521. The Hall–Kier alpha value is -1.15. The molecule has 1 aromatic rings. The zero-order chi connectivity index (χ0) is 12.3. The van der Waals surface area contributed by atoms with E-state index in [1.807, 2.05) is 0 Å². The summed E-state index contributed by atoms with van der Waals surface area (Å²) in [4.78, 5) is 0. The third-order valence-electron chi connectivity index (χ3n) is 2.19. The van der Waals surface area contributed by atoms with Crippen LogP contribution < -0.4 is 0 Å². The monoisotopic (exact) mass is 242 g/mol. The molecule has 0 radical (unpaired) electrons. The van der Waals surface area contributed by atoms with E-state index in [2.05, 4.69) is 6.58 Å². The molecule has 0 fully saturated rings. The number of halogens is 3. The molecule has 0 unspecified atom stereocenters. The lowest BCUT2D eigenvalue weighted by Crippen LogP contribution is -2.10. The Morgan fingerprint density at radius 1 is 1.44 bits per heavy atom. The fraction of sp³-hybridized carbons (Fsp3) is 0.231. The fourth-order valence-electron chi connectivity index (χ4n) is 1.35. The van der Waals surface area contributed by atoms with E-state index in [0.717, 1.165) is 11.6 Å². The van der Waals surface area contributed by atoms with Crippen molar-refractivity contribution in [1.82, 2.24) is 0 Å². The highest BCUT2D eigenvalue weighted by Gasteiger charge is 2.30. The van der Waals surface area contributed by atoms with Crippen LogP contribution in [-0.2, 0) is 5.92 Å². The van der Waals surface area contributed by atoms with Crippen molar-refractivity contribution in [3.63, 3.8) is 0 Å². The van der Waals surface area contributed by atoms with Crippen molar-refractivity contribution < 1.29 is 8.78 Å². The second-order valence-corrected chi connectivity index (χ2v) is 4.01. The van der Waals surface area contributed by atoms with Crippen LogP contribution in [0.2, 0.25) is 5.02 Å². The molecule has 1 rings (SSSR count). The van der Waals surface area contributed by atoms with Crippen molar-refractivity contribution in [2.75, 3.05) is 0 Å². The number of benzene rings is 1. The van der Waals surface area contributed by atoms with Crippen LogP contribution in [0.25, 0.3) is 5.57 Å². The van der Waals surface area contributed by atoms with Crippen molar-refractivity contribution >= 4 is 17.2 Å². The van der Waals surface area contributed by atoms with Crippen LogP contribution in [-0.4, -0.2) is 0 Å². The van der Waals surface area contributed by atoms with Gasteiger partial charge in [0.1, 0.15) is 0 Å². The van der Waals surface area contributed by atoms with Gasteiger partial charge in [0.05, 0.1) is 5.02 Å². The van der Waals surface area contributed by atoms with Crippen LogP contribution >= 0.6 is 11.6 Å². The van der Waals surface area contributed by atoms with Gasteiger partial charge in [-0.15, -0.1) is 0 Å². The Bertz CT molecular complexity index is 434. The summed E-state index contributed by atoms with van der Waals surface area (Å²) in [6.07, 6.45) is 2.14. The minimum Gasteiger partial charge on any atom is -0.196 e. The van der Waals surface area contributed by atoms with Gasteiger partial charge in [-0.1, -0.05) is 35.9 Å². The molecule has 0 spiro atoms. The fourth-order valence-corrected chi connectivity index (χ4v) is 1.59. The molecule has 0 aliphatic carbocycles. The summed E-state index contributed by atoms with van der Waals surface area (Å²) in [5, 5.41) is 0.0631. The standard InChI is InChI=1S/C13H13ClF2/c1-4-7-13(15,16)11-8-10(9(2)3)5-6-12(11)14/h4-8H,2H2,1,3H3/b7-4+. The second kappa shape index (κ2) is 4.79. The van der Waals surface area contributed by atoms with Gasteiger partial charge < -0.3 is 0 Å². The molecule has 0 nitrogen and oxygen atoms in total. The maximum absolute atomic E-state index is 13.7. The van der Waals surface area contributed by atoms with Gasteiger partial charge in [-0.05, 0) is 37.6 Å². The van der Waals surface area contributed by atoms with Crippen molar-refractivity contribution in [3.8, 4) is 0 Å². The third kappa shape index (κ3) is 2.70. The first kappa shape index (κ1) is 12.9. The highest BCUT2D eigenvalue weighted by molar-refractivity contribution is 6.31. The molecule has 3 heteroatoms. The topological polar surface area (TPSA) is 0 Å². The SMILES string of the molecule is C=C(C)c1ccc(Cl)c(C(F)(F)/C=C/C)c1. The highest BCUT2D eigenvalue weighted by atomic mass is 35.5. The van der Waals surface area contributed by atoms with Gasteiger partial charge in [0, 0.05) is 5.56 Å². The number of alkyl halides is 2. The van der Waals surface area contributed by atoms with Gasteiger partial charge in [-0.2, -0.15) is 8.78 Å². The molecular weight excluding hydrogens is 230 g/mol. The van der Waals surface area contributed by atoms with E-state index in [1.54, 1.807) is 19.9 Å². The van der Waals surface area contributed by atoms with Crippen molar-refractivity contribution in [2.45, 2.75) is 19.8 Å². The molecule has 0 atom stereocenters. The van der Waals surface area contributed by atoms with E-state index in [1.165, 1.54) is 18.2 Å². The van der Waals surface area contributed by atoms with E-state index < -0.39 is 5.92 Å². The number of allylic oxidation sites excluding steroid dienone is 3. The summed E-state index contributed by atoms with van der Waals surface area (Å²) in [5.74, 6) is -3.04.